The van der Waals surface area contributed by atoms with E-state index in [1.165, 1.54) is 41.3 Å². The zero-order valence-electron chi connectivity index (χ0n) is 16.7. The van der Waals surface area contributed by atoms with Crippen LogP contribution in [-0.2, 0) is 9.59 Å². The molecule has 1 heterocycles. The van der Waals surface area contributed by atoms with Crippen molar-refractivity contribution >= 4 is 23.1 Å². The minimum absolute atomic E-state index is 0.0259. The third-order valence-corrected chi connectivity index (χ3v) is 5.96. The van der Waals surface area contributed by atoms with Crippen molar-refractivity contribution in [1.29, 1.82) is 0 Å². The number of carbonyl (C=O) groups is 2. The zero-order chi connectivity index (χ0) is 22.1. The van der Waals surface area contributed by atoms with Gasteiger partial charge in [0, 0.05) is 23.7 Å². The van der Waals surface area contributed by atoms with Crippen molar-refractivity contribution in [3.63, 3.8) is 0 Å². The number of ketones is 1. The van der Waals surface area contributed by atoms with Crippen LogP contribution in [0.3, 0.4) is 0 Å². The van der Waals surface area contributed by atoms with E-state index in [0.717, 1.165) is 32.1 Å². The van der Waals surface area contributed by atoms with Gasteiger partial charge in [0.1, 0.15) is 11.5 Å². The van der Waals surface area contributed by atoms with Gasteiger partial charge in [0.25, 0.3) is 17.4 Å². The summed E-state index contributed by atoms with van der Waals surface area (Å²) in [5.74, 6) is -2.02. The molecule has 2 fully saturated rings. The molecular formula is C23H22N2O6. The Morgan fingerprint density at radius 2 is 1.74 bits per heavy atom. The highest BCUT2D eigenvalue weighted by atomic mass is 16.6. The molecule has 4 rings (SSSR count). The molecule has 0 bridgehead atoms. The summed E-state index contributed by atoms with van der Waals surface area (Å²) in [5, 5.41) is 32.2. The molecule has 0 radical (unpaired) electrons. The van der Waals surface area contributed by atoms with Crippen LogP contribution in [0.2, 0.25) is 0 Å². The van der Waals surface area contributed by atoms with Crippen LogP contribution < -0.4 is 0 Å². The van der Waals surface area contributed by atoms with E-state index in [1.54, 1.807) is 12.1 Å². The van der Waals surface area contributed by atoms with Gasteiger partial charge < -0.3 is 15.1 Å². The Bertz CT molecular complexity index is 1090. The fourth-order valence-electron chi connectivity index (χ4n) is 4.53. The summed E-state index contributed by atoms with van der Waals surface area (Å²) in [5.41, 5.74) is 0.221. The molecule has 1 saturated heterocycles. The zero-order valence-corrected chi connectivity index (χ0v) is 16.7. The second-order valence-corrected chi connectivity index (χ2v) is 7.90. The number of aromatic hydroxyl groups is 1. The fourth-order valence-corrected chi connectivity index (χ4v) is 4.53. The molecule has 0 aromatic heterocycles. The maximum atomic E-state index is 13.1. The molecule has 1 saturated carbocycles. The van der Waals surface area contributed by atoms with E-state index in [2.05, 4.69) is 0 Å². The number of nitro benzene ring substituents is 1. The number of aliphatic hydroxyl groups is 1. The van der Waals surface area contributed by atoms with E-state index >= 15 is 0 Å². The van der Waals surface area contributed by atoms with Crippen LogP contribution >= 0.6 is 0 Å². The molecule has 1 amide bonds. The first-order valence-electron chi connectivity index (χ1n) is 10.2. The summed E-state index contributed by atoms with van der Waals surface area (Å²) in [4.78, 5) is 38.2. The second-order valence-electron chi connectivity index (χ2n) is 7.90. The van der Waals surface area contributed by atoms with Gasteiger partial charge in [-0.1, -0.05) is 43.5 Å². The predicted octanol–water partition coefficient (Wildman–Crippen LogP) is 4.05. The van der Waals surface area contributed by atoms with E-state index < -0.39 is 28.4 Å². The number of carbonyl (C=O) groups excluding carboxylic acids is 2. The third kappa shape index (κ3) is 3.76. The molecule has 1 aliphatic heterocycles. The number of rotatable bonds is 4. The van der Waals surface area contributed by atoms with Crippen LogP contribution in [0.4, 0.5) is 5.69 Å². The van der Waals surface area contributed by atoms with Crippen LogP contribution in [0.5, 0.6) is 5.75 Å². The van der Waals surface area contributed by atoms with Gasteiger partial charge in [0.15, 0.2) is 0 Å². The van der Waals surface area contributed by atoms with Crippen LogP contribution in [-0.4, -0.2) is 37.8 Å². The summed E-state index contributed by atoms with van der Waals surface area (Å²) in [6.45, 7) is 0. The Balaban J connectivity index is 1.89. The molecule has 8 nitrogen and oxygen atoms in total. The molecule has 2 aromatic carbocycles. The fraction of sp³-hybridized carbons (Fsp3) is 0.304. The highest BCUT2D eigenvalue weighted by Gasteiger charge is 2.49. The van der Waals surface area contributed by atoms with E-state index in [-0.39, 0.29) is 28.6 Å². The quantitative estimate of drug-likeness (QED) is 0.252. The molecular weight excluding hydrogens is 400 g/mol. The Kier molecular flexibility index (Phi) is 5.46. The lowest BCUT2D eigenvalue weighted by Crippen LogP contribution is -2.40. The number of likely N-dealkylation sites (tertiary alicyclic amines) is 1. The van der Waals surface area contributed by atoms with Gasteiger partial charge in [-0.3, -0.25) is 19.7 Å². The summed E-state index contributed by atoms with van der Waals surface area (Å²) >= 11 is 0. The first-order chi connectivity index (χ1) is 14.9. The van der Waals surface area contributed by atoms with Crippen molar-refractivity contribution in [3.05, 3.63) is 75.3 Å². The normalized spacial score (nSPS) is 21.4. The maximum Gasteiger partial charge on any atom is 0.295 e. The number of nitrogens with zero attached hydrogens (tertiary/aromatic N) is 2. The summed E-state index contributed by atoms with van der Waals surface area (Å²) in [7, 11) is 0. The lowest BCUT2D eigenvalue weighted by atomic mass is 9.91. The average molecular weight is 422 g/mol. The molecule has 8 heteroatoms. The van der Waals surface area contributed by atoms with Crippen LogP contribution in [0.15, 0.2) is 54.1 Å². The number of non-ortho nitro benzene ring substituents is 1. The van der Waals surface area contributed by atoms with E-state index in [9.17, 15) is 29.9 Å². The smallest absolute Gasteiger partial charge is 0.295 e. The molecule has 160 valence electrons. The Morgan fingerprint density at radius 1 is 1.03 bits per heavy atom. The number of hydrogen-bond acceptors (Lipinski definition) is 6. The van der Waals surface area contributed by atoms with Crippen molar-refractivity contribution in [2.75, 3.05) is 0 Å². The van der Waals surface area contributed by atoms with Crippen LogP contribution in [0.1, 0.15) is 49.3 Å². The molecule has 2 aliphatic rings. The monoisotopic (exact) mass is 422 g/mol. The van der Waals surface area contributed by atoms with Crippen LogP contribution in [0, 0.1) is 10.1 Å². The highest BCUT2D eigenvalue weighted by Crippen LogP contribution is 2.43. The molecule has 31 heavy (non-hydrogen) atoms. The Labute approximate surface area is 178 Å². The van der Waals surface area contributed by atoms with Gasteiger partial charge in [-0.2, -0.15) is 0 Å². The number of phenolic OH excluding ortho intramolecular Hbond substituents is 1. The lowest BCUT2D eigenvalue weighted by molar-refractivity contribution is -0.384. The molecule has 0 spiro atoms. The Hall–Kier alpha value is -3.68. The number of phenols is 1. The van der Waals surface area contributed by atoms with Gasteiger partial charge in [-0.25, -0.2) is 0 Å². The molecule has 1 unspecified atom stereocenters. The molecule has 1 atom stereocenters. The molecule has 2 aromatic rings. The number of hydrogen-bond donors (Lipinski definition) is 2. The summed E-state index contributed by atoms with van der Waals surface area (Å²) in [6.07, 6.45) is 4.43. The number of amides is 1. The van der Waals surface area contributed by atoms with E-state index in [4.69, 9.17) is 0 Å². The average Bonchev–Trinajstić information content (AvgIpc) is 3.04. The number of benzene rings is 2. The third-order valence-electron chi connectivity index (χ3n) is 5.96. The standard InChI is InChI=1S/C23H22N2O6/c26-18-11-5-6-14(13-18)20-19(21(27)15-7-4-10-17(12-15)25(30)31)22(28)23(29)24(20)16-8-2-1-3-9-16/h4-7,10-13,16,20,26-27H,1-3,8-9H2/b21-19-. The van der Waals surface area contributed by atoms with Gasteiger partial charge in [0.2, 0.25) is 0 Å². The topological polar surface area (TPSA) is 121 Å². The van der Waals surface area contributed by atoms with Crippen molar-refractivity contribution in [1.82, 2.24) is 4.90 Å². The van der Waals surface area contributed by atoms with Crippen molar-refractivity contribution in [3.8, 4) is 5.75 Å². The molecule has 1 aliphatic carbocycles. The number of aliphatic hydroxyl groups excluding tert-OH is 1. The van der Waals surface area contributed by atoms with Crippen molar-refractivity contribution in [2.24, 2.45) is 0 Å². The van der Waals surface area contributed by atoms with Gasteiger partial charge in [-0.15, -0.1) is 0 Å². The second kappa shape index (κ2) is 8.22. The largest absolute Gasteiger partial charge is 0.508 e. The summed E-state index contributed by atoms with van der Waals surface area (Å²) < 4.78 is 0. The van der Waals surface area contributed by atoms with Gasteiger partial charge >= 0.3 is 0 Å². The first kappa shape index (κ1) is 20.6. The first-order valence-corrected chi connectivity index (χ1v) is 10.2. The van der Waals surface area contributed by atoms with Crippen molar-refractivity contribution in [2.45, 2.75) is 44.2 Å². The Morgan fingerprint density at radius 3 is 2.42 bits per heavy atom. The SMILES string of the molecule is O=C1C(=O)N(C2CCCCC2)C(c2cccc(O)c2)/C1=C(/O)c1cccc([N+](=O)[O-])c1. The summed E-state index contributed by atoms with van der Waals surface area (Å²) in [6, 6.07) is 10.5. The van der Waals surface area contributed by atoms with Crippen molar-refractivity contribution < 1.29 is 24.7 Å². The number of nitro groups is 1. The van der Waals surface area contributed by atoms with Crippen LogP contribution in [0.25, 0.3) is 5.76 Å². The minimum Gasteiger partial charge on any atom is -0.508 e. The number of Topliss-reactive ketones (excluding diaryl/α,β-unsaturated/α-hetero) is 1. The highest BCUT2D eigenvalue weighted by molar-refractivity contribution is 6.46. The lowest BCUT2D eigenvalue weighted by Gasteiger charge is -2.35. The minimum atomic E-state index is -0.880. The maximum absolute atomic E-state index is 13.1. The van der Waals surface area contributed by atoms with E-state index in [0.29, 0.717) is 5.56 Å². The van der Waals surface area contributed by atoms with E-state index in [1.807, 2.05) is 0 Å². The predicted molar refractivity (Wildman–Crippen MR) is 112 cm³/mol. The van der Waals surface area contributed by atoms with Gasteiger partial charge in [-0.05, 0) is 30.5 Å². The van der Waals surface area contributed by atoms with Gasteiger partial charge in [0.05, 0.1) is 16.5 Å². The molecule has 2 N–H and O–H groups in total.